The normalized spacial score (nSPS) is 21.9. The summed E-state index contributed by atoms with van der Waals surface area (Å²) in [4.78, 5) is 4.64. The van der Waals surface area contributed by atoms with Gasteiger partial charge in [-0.15, -0.1) is 5.92 Å². The van der Waals surface area contributed by atoms with Crippen molar-refractivity contribution in [2.75, 3.05) is 25.4 Å². The van der Waals surface area contributed by atoms with E-state index in [1.807, 2.05) is 11.2 Å². The summed E-state index contributed by atoms with van der Waals surface area (Å²) >= 11 is 0. The fourth-order valence-electron chi connectivity index (χ4n) is 1.79. The van der Waals surface area contributed by atoms with Crippen LogP contribution >= 0.6 is 0 Å². The highest BCUT2D eigenvalue weighted by Crippen LogP contribution is 2.12. The molecule has 1 saturated heterocycles. The van der Waals surface area contributed by atoms with E-state index in [-0.39, 0.29) is 6.04 Å². The molecule has 0 saturated carbocycles. The second-order valence-electron chi connectivity index (χ2n) is 3.96. The number of nitrogen functional groups attached to an aromatic ring is 1. The zero-order valence-electron chi connectivity index (χ0n) is 10.2. The quantitative estimate of drug-likeness (QED) is 0.737. The lowest BCUT2D eigenvalue weighted by molar-refractivity contribution is 0.347. The summed E-state index contributed by atoms with van der Waals surface area (Å²) in [6, 6.07) is 3.49. The molecule has 0 aromatic carbocycles. The van der Waals surface area contributed by atoms with Gasteiger partial charge in [-0.1, -0.05) is 5.92 Å². The number of rotatable bonds is 2. The third-order valence-electron chi connectivity index (χ3n) is 2.65. The number of nitrogens with two attached hydrogens (primary N) is 1. The Bertz CT molecular complexity index is 491. The molecule has 1 aromatic rings. The van der Waals surface area contributed by atoms with Crippen LogP contribution in [-0.4, -0.2) is 39.2 Å². The van der Waals surface area contributed by atoms with Crippen molar-refractivity contribution in [2.45, 2.75) is 17.9 Å². The van der Waals surface area contributed by atoms with E-state index in [9.17, 15) is 4.21 Å². The summed E-state index contributed by atoms with van der Waals surface area (Å²) in [6.45, 7) is 3.98. The SMILES string of the molecule is CC#CC1CN(S(=O)c2ccc(N)nc2)CCN1. The van der Waals surface area contributed by atoms with Crippen LogP contribution < -0.4 is 11.1 Å². The third kappa shape index (κ3) is 3.07. The predicted molar refractivity (Wildman–Crippen MR) is 71.9 cm³/mol. The van der Waals surface area contributed by atoms with Gasteiger partial charge in [0.05, 0.1) is 10.9 Å². The maximum Gasteiger partial charge on any atom is 0.129 e. The van der Waals surface area contributed by atoms with E-state index in [1.165, 1.54) is 0 Å². The molecule has 18 heavy (non-hydrogen) atoms. The summed E-state index contributed by atoms with van der Waals surface area (Å²) in [6.07, 6.45) is 1.56. The first-order chi connectivity index (χ1) is 8.70. The number of aromatic nitrogens is 1. The van der Waals surface area contributed by atoms with E-state index in [2.05, 4.69) is 22.1 Å². The highest BCUT2D eigenvalue weighted by atomic mass is 32.2. The minimum atomic E-state index is -1.19. The average molecular weight is 264 g/mol. The predicted octanol–water partition coefficient (Wildman–Crippen LogP) is -0.0165. The van der Waals surface area contributed by atoms with Gasteiger partial charge in [0.25, 0.3) is 0 Å². The molecule has 1 aliphatic rings. The number of piperazine rings is 1. The fourth-order valence-corrected chi connectivity index (χ4v) is 2.96. The van der Waals surface area contributed by atoms with Gasteiger partial charge in [0, 0.05) is 25.8 Å². The number of hydrogen-bond acceptors (Lipinski definition) is 4. The van der Waals surface area contributed by atoms with Gasteiger partial charge in [0.15, 0.2) is 0 Å². The van der Waals surface area contributed by atoms with E-state index >= 15 is 0 Å². The van der Waals surface area contributed by atoms with Gasteiger partial charge < -0.3 is 11.1 Å². The molecule has 1 fully saturated rings. The smallest absolute Gasteiger partial charge is 0.129 e. The fraction of sp³-hybridized carbons (Fsp3) is 0.417. The molecule has 0 amide bonds. The van der Waals surface area contributed by atoms with E-state index in [4.69, 9.17) is 5.73 Å². The number of anilines is 1. The molecule has 2 unspecified atom stereocenters. The molecule has 1 aliphatic heterocycles. The highest BCUT2D eigenvalue weighted by molar-refractivity contribution is 7.82. The first kappa shape index (κ1) is 13.0. The molecule has 2 rings (SSSR count). The van der Waals surface area contributed by atoms with Crippen molar-refractivity contribution in [3.63, 3.8) is 0 Å². The summed E-state index contributed by atoms with van der Waals surface area (Å²) in [7, 11) is -1.19. The van der Waals surface area contributed by atoms with Crippen LogP contribution in [0.3, 0.4) is 0 Å². The number of nitrogens with zero attached hydrogens (tertiary/aromatic N) is 2. The van der Waals surface area contributed by atoms with Crippen molar-refractivity contribution >= 4 is 16.8 Å². The first-order valence-corrected chi connectivity index (χ1v) is 6.85. The summed E-state index contributed by atoms with van der Waals surface area (Å²) in [5, 5.41) is 3.28. The van der Waals surface area contributed by atoms with Gasteiger partial charge in [-0.3, -0.25) is 0 Å². The molecule has 0 spiro atoms. The molecular formula is C12H16N4OS. The Morgan fingerprint density at radius 2 is 2.44 bits per heavy atom. The van der Waals surface area contributed by atoms with Gasteiger partial charge >= 0.3 is 0 Å². The second kappa shape index (κ2) is 5.96. The lowest BCUT2D eigenvalue weighted by Crippen LogP contribution is -2.50. The monoisotopic (exact) mass is 264 g/mol. The third-order valence-corrected chi connectivity index (χ3v) is 4.10. The molecule has 3 N–H and O–H groups in total. The maximum absolute atomic E-state index is 12.3. The van der Waals surface area contributed by atoms with Gasteiger partial charge in [0.1, 0.15) is 16.8 Å². The average Bonchev–Trinajstić information content (AvgIpc) is 2.39. The Balaban J connectivity index is 2.08. The number of hydrogen-bond donors (Lipinski definition) is 2. The van der Waals surface area contributed by atoms with Crippen molar-refractivity contribution in [1.29, 1.82) is 0 Å². The van der Waals surface area contributed by atoms with Crippen molar-refractivity contribution in [3.05, 3.63) is 18.3 Å². The van der Waals surface area contributed by atoms with E-state index in [0.29, 0.717) is 17.3 Å². The van der Waals surface area contributed by atoms with E-state index < -0.39 is 11.0 Å². The molecule has 2 heterocycles. The van der Waals surface area contributed by atoms with Crippen molar-refractivity contribution in [2.24, 2.45) is 0 Å². The Morgan fingerprint density at radius 3 is 3.11 bits per heavy atom. The van der Waals surface area contributed by atoms with Crippen LogP contribution in [0.1, 0.15) is 6.92 Å². The molecule has 0 bridgehead atoms. The molecule has 6 heteroatoms. The van der Waals surface area contributed by atoms with Crippen LogP contribution in [0.5, 0.6) is 0 Å². The second-order valence-corrected chi connectivity index (χ2v) is 5.44. The van der Waals surface area contributed by atoms with Crippen molar-refractivity contribution in [3.8, 4) is 11.8 Å². The number of pyridine rings is 1. The topological polar surface area (TPSA) is 71.2 Å². The Hall–Kier alpha value is -1.42. The zero-order valence-corrected chi connectivity index (χ0v) is 11.0. The molecule has 1 aromatic heterocycles. The van der Waals surface area contributed by atoms with Crippen LogP contribution in [0.2, 0.25) is 0 Å². The van der Waals surface area contributed by atoms with Crippen LogP contribution in [-0.2, 0) is 11.0 Å². The van der Waals surface area contributed by atoms with E-state index in [0.717, 1.165) is 13.1 Å². The van der Waals surface area contributed by atoms with Crippen LogP contribution in [0.15, 0.2) is 23.2 Å². The minimum Gasteiger partial charge on any atom is -0.384 e. The van der Waals surface area contributed by atoms with Crippen LogP contribution in [0.4, 0.5) is 5.82 Å². The van der Waals surface area contributed by atoms with Crippen molar-refractivity contribution in [1.82, 2.24) is 14.6 Å². The zero-order chi connectivity index (χ0) is 13.0. The summed E-state index contributed by atoms with van der Waals surface area (Å²) in [5.74, 6) is 6.37. The Morgan fingerprint density at radius 1 is 1.61 bits per heavy atom. The Kier molecular flexibility index (Phi) is 4.31. The minimum absolute atomic E-state index is 0.0782. The summed E-state index contributed by atoms with van der Waals surface area (Å²) in [5.41, 5.74) is 5.51. The molecule has 2 atom stereocenters. The lowest BCUT2D eigenvalue weighted by Gasteiger charge is -2.29. The van der Waals surface area contributed by atoms with Gasteiger partial charge in [0.2, 0.25) is 0 Å². The molecule has 0 aliphatic carbocycles. The maximum atomic E-state index is 12.3. The molecule has 96 valence electrons. The van der Waals surface area contributed by atoms with Crippen LogP contribution in [0, 0.1) is 11.8 Å². The van der Waals surface area contributed by atoms with Crippen LogP contribution in [0.25, 0.3) is 0 Å². The van der Waals surface area contributed by atoms with Gasteiger partial charge in [-0.2, -0.15) is 0 Å². The molecule has 5 nitrogen and oxygen atoms in total. The summed E-state index contributed by atoms with van der Waals surface area (Å²) < 4.78 is 14.2. The molecular weight excluding hydrogens is 248 g/mol. The highest BCUT2D eigenvalue weighted by Gasteiger charge is 2.23. The van der Waals surface area contributed by atoms with Crippen molar-refractivity contribution < 1.29 is 4.21 Å². The number of nitrogens with one attached hydrogen (secondary N) is 1. The van der Waals surface area contributed by atoms with Gasteiger partial charge in [-0.25, -0.2) is 13.5 Å². The molecule has 0 radical (unpaired) electrons. The standard InChI is InChI=1S/C12H16N4OS/c1-2-3-10-9-16(7-6-14-10)18(17)11-4-5-12(13)15-8-11/h4-5,8,10,14H,6-7,9H2,1H3,(H2,13,15). The Labute approximate surface area is 109 Å². The van der Waals surface area contributed by atoms with E-state index in [1.54, 1.807) is 18.3 Å². The largest absolute Gasteiger partial charge is 0.384 e. The van der Waals surface area contributed by atoms with Gasteiger partial charge in [-0.05, 0) is 19.1 Å². The first-order valence-electron chi connectivity index (χ1n) is 5.74. The lowest BCUT2D eigenvalue weighted by atomic mass is 10.2.